The average Bonchev–Trinajstić information content (AvgIpc) is 3.00. The smallest absolute Gasteiger partial charge is 0.273 e. The molecule has 0 fully saturated rings. The first kappa shape index (κ1) is 15.4. The minimum atomic E-state index is 0. The zero-order chi connectivity index (χ0) is 12.3. The van der Waals surface area contributed by atoms with Crippen LogP contribution >= 0.6 is 0 Å². The molecule has 2 aliphatic rings. The second-order valence-corrected chi connectivity index (χ2v) is 4.53. The number of fused-ring (bicyclic) bond motifs is 1. The van der Waals surface area contributed by atoms with Crippen molar-refractivity contribution >= 4 is 5.57 Å². The fourth-order valence-electron chi connectivity index (χ4n) is 2.23. The van der Waals surface area contributed by atoms with E-state index in [1.807, 2.05) is 18.2 Å². The molecule has 1 atom stereocenters. The first-order valence-corrected chi connectivity index (χ1v) is 6.12. The fourth-order valence-corrected chi connectivity index (χ4v) is 2.23. The van der Waals surface area contributed by atoms with E-state index in [9.17, 15) is 0 Å². The SMILES string of the molecule is CC1=C(C)C(C)c2ccc[c-]c21.[C-]1=CC=CC1.[Zr+2]. The molecule has 1 heteroatoms. The van der Waals surface area contributed by atoms with Crippen LogP contribution in [0.1, 0.15) is 44.2 Å². The molecule has 0 saturated carbocycles. The van der Waals surface area contributed by atoms with E-state index >= 15 is 0 Å². The Balaban J connectivity index is 0.000000230. The third kappa shape index (κ3) is 3.20. The molecule has 3 rings (SSSR count). The summed E-state index contributed by atoms with van der Waals surface area (Å²) < 4.78 is 0. The first-order chi connectivity index (χ1) is 8.22. The van der Waals surface area contributed by atoms with Crippen molar-refractivity contribution in [2.24, 2.45) is 0 Å². The van der Waals surface area contributed by atoms with Crippen LogP contribution in [-0.2, 0) is 26.2 Å². The van der Waals surface area contributed by atoms with Crippen LogP contribution in [0.3, 0.4) is 0 Å². The molecule has 0 radical (unpaired) electrons. The van der Waals surface area contributed by atoms with E-state index in [1.54, 1.807) is 0 Å². The molecule has 0 spiro atoms. The number of allylic oxidation sites excluding steroid dienone is 6. The Kier molecular flexibility index (Phi) is 6.02. The summed E-state index contributed by atoms with van der Waals surface area (Å²) in [5, 5.41) is 0. The predicted molar refractivity (Wildman–Crippen MR) is 73.5 cm³/mol. The molecule has 0 saturated heterocycles. The Morgan fingerprint density at radius 3 is 2.56 bits per heavy atom. The molecule has 0 heterocycles. The van der Waals surface area contributed by atoms with Gasteiger partial charge in [0.2, 0.25) is 0 Å². The number of benzene rings is 1. The molecule has 0 nitrogen and oxygen atoms in total. The van der Waals surface area contributed by atoms with Crippen LogP contribution in [0.2, 0.25) is 0 Å². The van der Waals surface area contributed by atoms with E-state index in [0.717, 1.165) is 6.42 Å². The van der Waals surface area contributed by atoms with Gasteiger partial charge in [-0.15, -0.1) is 53.0 Å². The summed E-state index contributed by atoms with van der Waals surface area (Å²) >= 11 is 0. The zero-order valence-electron chi connectivity index (χ0n) is 11.2. The van der Waals surface area contributed by atoms with Gasteiger partial charge >= 0.3 is 26.2 Å². The average molecular weight is 314 g/mol. The van der Waals surface area contributed by atoms with Gasteiger partial charge < -0.3 is 0 Å². The molecule has 2 aliphatic carbocycles. The van der Waals surface area contributed by atoms with Crippen molar-refractivity contribution in [1.82, 2.24) is 0 Å². The van der Waals surface area contributed by atoms with Gasteiger partial charge in [0, 0.05) is 0 Å². The summed E-state index contributed by atoms with van der Waals surface area (Å²) in [6.45, 7) is 6.67. The van der Waals surface area contributed by atoms with E-state index in [1.165, 1.54) is 22.3 Å². The molecule has 1 aromatic carbocycles. The molecule has 1 aromatic rings. The van der Waals surface area contributed by atoms with Crippen LogP contribution in [0.15, 0.2) is 42.0 Å². The minimum Gasteiger partial charge on any atom is -0.273 e. The van der Waals surface area contributed by atoms with E-state index < -0.39 is 0 Å². The summed E-state index contributed by atoms with van der Waals surface area (Å²) in [6, 6.07) is 9.57. The molecule has 0 aromatic heterocycles. The van der Waals surface area contributed by atoms with E-state index in [-0.39, 0.29) is 26.2 Å². The van der Waals surface area contributed by atoms with Gasteiger partial charge in [-0.1, -0.05) is 20.8 Å². The first-order valence-electron chi connectivity index (χ1n) is 6.12. The molecule has 18 heavy (non-hydrogen) atoms. The maximum absolute atomic E-state index is 3.30. The largest absolute Gasteiger partial charge is 2.00 e. The van der Waals surface area contributed by atoms with Crippen LogP contribution in [-0.4, -0.2) is 0 Å². The van der Waals surface area contributed by atoms with E-state index in [0.29, 0.717) is 5.92 Å². The van der Waals surface area contributed by atoms with Crippen LogP contribution < -0.4 is 0 Å². The summed E-state index contributed by atoms with van der Waals surface area (Å²) in [5.41, 5.74) is 5.67. The second kappa shape index (κ2) is 7.05. The third-order valence-electron chi connectivity index (χ3n) is 3.56. The van der Waals surface area contributed by atoms with Crippen LogP contribution in [0, 0.1) is 12.1 Å². The van der Waals surface area contributed by atoms with Gasteiger partial charge in [-0.05, 0) is 5.92 Å². The summed E-state index contributed by atoms with van der Waals surface area (Å²) in [5.74, 6) is 0.595. The van der Waals surface area contributed by atoms with Crippen LogP contribution in [0.25, 0.3) is 5.57 Å². The maximum Gasteiger partial charge on any atom is 2.00 e. The summed E-state index contributed by atoms with van der Waals surface area (Å²) in [7, 11) is 0. The molecule has 1 unspecified atom stereocenters. The van der Waals surface area contributed by atoms with E-state index in [4.69, 9.17) is 0 Å². The van der Waals surface area contributed by atoms with Crippen molar-refractivity contribution in [2.45, 2.75) is 33.1 Å². The van der Waals surface area contributed by atoms with Gasteiger partial charge in [-0.25, -0.2) is 12.2 Å². The molecule has 0 bridgehead atoms. The molecular weight excluding hydrogens is 295 g/mol. The Bertz CT molecular complexity index is 482. The minimum absolute atomic E-state index is 0. The van der Waals surface area contributed by atoms with Gasteiger partial charge in [0.15, 0.2) is 0 Å². The Hall–Kier alpha value is -0.677. The summed E-state index contributed by atoms with van der Waals surface area (Å²) in [4.78, 5) is 0. The molecule has 0 aliphatic heterocycles. The van der Waals surface area contributed by atoms with Crippen molar-refractivity contribution < 1.29 is 26.2 Å². The van der Waals surface area contributed by atoms with Crippen molar-refractivity contribution in [3.05, 3.63) is 65.3 Å². The molecule has 0 amide bonds. The van der Waals surface area contributed by atoms with E-state index in [2.05, 4.69) is 51.1 Å². The molecule has 90 valence electrons. The van der Waals surface area contributed by atoms with Crippen molar-refractivity contribution in [3.8, 4) is 0 Å². The number of rotatable bonds is 0. The maximum atomic E-state index is 3.30. The molecular formula is C17H18Zr. The number of hydrogen-bond donors (Lipinski definition) is 0. The summed E-state index contributed by atoms with van der Waals surface area (Å²) in [6.07, 6.45) is 10.0. The number of hydrogen-bond acceptors (Lipinski definition) is 0. The quantitative estimate of drug-likeness (QED) is 0.609. The Morgan fingerprint density at radius 1 is 1.28 bits per heavy atom. The fraction of sp³-hybridized carbons (Fsp3) is 0.294. The van der Waals surface area contributed by atoms with Gasteiger partial charge in [0.25, 0.3) is 0 Å². The van der Waals surface area contributed by atoms with Crippen LogP contribution in [0.4, 0.5) is 0 Å². The topological polar surface area (TPSA) is 0 Å². The van der Waals surface area contributed by atoms with Gasteiger partial charge in [0.05, 0.1) is 0 Å². The Labute approximate surface area is 130 Å². The van der Waals surface area contributed by atoms with Gasteiger partial charge in [-0.2, -0.15) is 6.08 Å². The zero-order valence-corrected chi connectivity index (χ0v) is 13.7. The monoisotopic (exact) mass is 312 g/mol. The second-order valence-electron chi connectivity index (χ2n) is 4.53. The normalized spacial score (nSPS) is 19.2. The van der Waals surface area contributed by atoms with Crippen molar-refractivity contribution in [1.29, 1.82) is 0 Å². The molecule has 0 N–H and O–H groups in total. The Morgan fingerprint density at radius 2 is 2.06 bits per heavy atom. The predicted octanol–water partition coefficient (Wildman–Crippen LogP) is 4.70. The van der Waals surface area contributed by atoms with Gasteiger partial charge in [-0.3, -0.25) is 6.08 Å². The third-order valence-corrected chi connectivity index (χ3v) is 3.56. The standard InChI is InChI=1S/C12H13.C5H5.Zr/c1-8-9(2)11-6-4-5-7-12(11)10(8)3;1-2-4-5-3-1;/h4-6,9H,1-3H3;1-3H,4H2;/q2*-1;+2. The van der Waals surface area contributed by atoms with Gasteiger partial charge in [0.1, 0.15) is 0 Å². The van der Waals surface area contributed by atoms with Crippen LogP contribution in [0.5, 0.6) is 0 Å². The van der Waals surface area contributed by atoms with Crippen molar-refractivity contribution in [2.75, 3.05) is 0 Å². The van der Waals surface area contributed by atoms with Crippen molar-refractivity contribution in [3.63, 3.8) is 0 Å².